The van der Waals surface area contributed by atoms with Crippen LogP contribution in [-0.2, 0) is 0 Å². The zero-order valence-corrected chi connectivity index (χ0v) is 6.99. The van der Waals surface area contributed by atoms with Crippen LogP contribution in [0.5, 0.6) is 0 Å². The average molecular weight is 183 g/mol. The summed E-state index contributed by atoms with van der Waals surface area (Å²) in [5.74, 6) is 0. The first-order valence-corrected chi connectivity index (χ1v) is 3.28. The van der Waals surface area contributed by atoms with E-state index in [1.165, 1.54) is 0 Å². The number of fused-ring (bicyclic) bond motifs is 1. The van der Waals surface area contributed by atoms with Gasteiger partial charge in [-0.2, -0.15) is 0 Å². The van der Waals surface area contributed by atoms with Crippen molar-refractivity contribution in [2.45, 2.75) is 0 Å². The Balaban J connectivity index is 0.000000720. The summed E-state index contributed by atoms with van der Waals surface area (Å²) in [5.41, 5.74) is 1.52. The highest BCUT2D eigenvalue weighted by Crippen LogP contribution is 2.01. The van der Waals surface area contributed by atoms with E-state index < -0.39 is 0 Å². The summed E-state index contributed by atoms with van der Waals surface area (Å²) in [6.07, 6.45) is 6.07. The van der Waals surface area contributed by atoms with Crippen molar-refractivity contribution in [3.8, 4) is 0 Å². The van der Waals surface area contributed by atoms with E-state index in [-0.39, 0.29) is 12.4 Å². The van der Waals surface area contributed by atoms with Crippen molar-refractivity contribution in [2.75, 3.05) is 0 Å². The molecule has 0 radical (unpaired) electrons. The Morgan fingerprint density at radius 2 is 2.25 bits per heavy atom. The lowest BCUT2D eigenvalue weighted by molar-refractivity contribution is 0.112. The van der Waals surface area contributed by atoms with E-state index in [1.807, 2.05) is 16.7 Å². The first kappa shape index (κ1) is 8.74. The molecule has 0 fully saturated rings. The molecule has 2 heterocycles. The van der Waals surface area contributed by atoms with Crippen molar-refractivity contribution in [2.24, 2.45) is 0 Å². The van der Waals surface area contributed by atoms with E-state index in [0.717, 1.165) is 11.9 Å². The molecule has 0 aliphatic heterocycles. The third-order valence-corrected chi connectivity index (χ3v) is 1.55. The maximum Gasteiger partial charge on any atom is 0.151 e. The molecule has 0 unspecified atom stereocenters. The molecule has 0 saturated carbocycles. The molecule has 0 atom stereocenters. The second kappa shape index (κ2) is 3.36. The fourth-order valence-corrected chi connectivity index (χ4v) is 1.01. The van der Waals surface area contributed by atoms with Crippen molar-refractivity contribution in [1.82, 2.24) is 9.38 Å². The summed E-state index contributed by atoms with van der Waals surface area (Å²) in [6, 6.07) is 3.55. The van der Waals surface area contributed by atoms with Crippen LogP contribution >= 0.6 is 12.4 Å². The number of halogens is 1. The molecule has 0 spiro atoms. The molecule has 2 aromatic rings. The predicted octanol–water partition coefficient (Wildman–Crippen LogP) is 1.57. The van der Waals surface area contributed by atoms with E-state index in [9.17, 15) is 4.79 Å². The number of rotatable bonds is 1. The van der Waals surface area contributed by atoms with E-state index in [0.29, 0.717) is 5.56 Å². The lowest BCUT2D eigenvalue weighted by atomic mass is 10.3. The van der Waals surface area contributed by atoms with Gasteiger partial charge in [0.2, 0.25) is 0 Å². The van der Waals surface area contributed by atoms with Crippen LogP contribution in [0.1, 0.15) is 10.4 Å². The fraction of sp³-hybridized carbons (Fsp3) is 0. The van der Waals surface area contributed by atoms with Gasteiger partial charge < -0.3 is 4.40 Å². The third-order valence-electron chi connectivity index (χ3n) is 1.55. The molecule has 4 heteroatoms. The zero-order valence-electron chi connectivity index (χ0n) is 6.18. The largest absolute Gasteiger partial charge is 0.306 e. The van der Waals surface area contributed by atoms with Gasteiger partial charge in [-0.05, 0) is 12.1 Å². The number of carbonyl (C=O) groups excluding carboxylic acids is 1. The van der Waals surface area contributed by atoms with Crippen LogP contribution in [0.4, 0.5) is 0 Å². The summed E-state index contributed by atoms with van der Waals surface area (Å²) in [4.78, 5) is 14.4. The van der Waals surface area contributed by atoms with Gasteiger partial charge in [-0.25, -0.2) is 4.98 Å². The number of pyridine rings is 1. The van der Waals surface area contributed by atoms with Gasteiger partial charge in [0.1, 0.15) is 5.65 Å². The summed E-state index contributed by atoms with van der Waals surface area (Å²) >= 11 is 0. The maximum absolute atomic E-state index is 10.3. The standard InChI is InChI=1S/C8H6N2O.ClH/c11-6-7-1-2-8-9-3-4-10(8)5-7;/h1-6H;1H. The highest BCUT2D eigenvalue weighted by atomic mass is 35.5. The Kier molecular flexibility index (Phi) is 2.45. The first-order chi connectivity index (χ1) is 5.40. The molecule has 0 aliphatic carbocycles. The van der Waals surface area contributed by atoms with Crippen molar-refractivity contribution in [3.05, 3.63) is 36.3 Å². The van der Waals surface area contributed by atoms with E-state index >= 15 is 0 Å². The fourth-order valence-electron chi connectivity index (χ4n) is 1.01. The molecular weight excluding hydrogens is 176 g/mol. The summed E-state index contributed by atoms with van der Waals surface area (Å²) in [6.45, 7) is 0. The van der Waals surface area contributed by atoms with Gasteiger partial charge in [0.15, 0.2) is 6.29 Å². The monoisotopic (exact) mass is 182 g/mol. The molecule has 3 nitrogen and oxygen atoms in total. The van der Waals surface area contributed by atoms with Gasteiger partial charge >= 0.3 is 0 Å². The van der Waals surface area contributed by atoms with Crippen LogP contribution < -0.4 is 0 Å². The second-order valence-corrected chi connectivity index (χ2v) is 2.27. The van der Waals surface area contributed by atoms with Gasteiger partial charge in [-0.3, -0.25) is 4.79 Å². The summed E-state index contributed by atoms with van der Waals surface area (Å²) in [7, 11) is 0. The highest BCUT2D eigenvalue weighted by molar-refractivity contribution is 5.85. The van der Waals surface area contributed by atoms with Gasteiger partial charge in [-0.1, -0.05) is 0 Å². The minimum Gasteiger partial charge on any atom is -0.306 e. The smallest absolute Gasteiger partial charge is 0.151 e. The Morgan fingerprint density at radius 1 is 1.42 bits per heavy atom. The van der Waals surface area contributed by atoms with Crippen LogP contribution in [0.25, 0.3) is 5.65 Å². The summed E-state index contributed by atoms with van der Waals surface area (Å²) in [5, 5.41) is 0. The zero-order chi connectivity index (χ0) is 7.68. The Labute approximate surface area is 75.4 Å². The first-order valence-electron chi connectivity index (χ1n) is 3.28. The minimum absolute atomic E-state index is 0. The number of imidazole rings is 1. The van der Waals surface area contributed by atoms with E-state index in [2.05, 4.69) is 4.98 Å². The van der Waals surface area contributed by atoms with Crippen LogP contribution in [-0.4, -0.2) is 15.7 Å². The quantitative estimate of drug-likeness (QED) is 0.628. The lowest BCUT2D eigenvalue weighted by Crippen LogP contribution is -1.86. The molecule has 0 bridgehead atoms. The maximum atomic E-state index is 10.3. The highest BCUT2D eigenvalue weighted by Gasteiger charge is 1.93. The van der Waals surface area contributed by atoms with E-state index in [1.54, 1.807) is 18.5 Å². The molecule has 0 aromatic carbocycles. The molecule has 0 aliphatic rings. The Morgan fingerprint density at radius 3 is 3.00 bits per heavy atom. The molecule has 2 rings (SSSR count). The number of aromatic nitrogens is 2. The van der Waals surface area contributed by atoms with Crippen LogP contribution in [0.15, 0.2) is 30.7 Å². The van der Waals surface area contributed by atoms with E-state index in [4.69, 9.17) is 0 Å². The second-order valence-electron chi connectivity index (χ2n) is 2.27. The molecule has 0 amide bonds. The third kappa shape index (κ3) is 1.31. The number of hydrogen-bond acceptors (Lipinski definition) is 2. The Bertz CT molecular complexity index is 397. The van der Waals surface area contributed by atoms with Gasteiger partial charge in [0, 0.05) is 24.2 Å². The molecule has 12 heavy (non-hydrogen) atoms. The molecule has 62 valence electrons. The summed E-state index contributed by atoms with van der Waals surface area (Å²) < 4.78 is 1.81. The SMILES string of the molecule is Cl.O=Cc1ccc2nccn2c1. The lowest BCUT2D eigenvalue weighted by Gasteiger charge is -1.92. The number of hydrogen-bond donors (Lipinski definition) is 0. The number of aldehydes is 1. The van der Waals surface area contributed by atoms with Crippen molar-refractivity contribution in [3.63, 3.8) is 0 Å². The average Bonchev–Trinajstić information content (AvgIpc) is 2.50. The molecule has 2 aromatic heterocycles. The molecular formula is C8H7ClN2O. The minimum atomic E-state index is 0. The van der Waals surface area contributed by atoms with Crippen molar-refractivity contribution >= 4 is 24.3 Å². The number of nitrogens with zero attached hydrogens (tertiary/aromatic N) is 2. The Hall–Kier alpha value is -1.35. The van der Waals surface area contributed by atoms with Gasteiger partial charge in [0.25, 0.3) is 0 Å². The van der Waals surface area contributed by atoms with Crippen LogP contribution in [0.2, 0.25) is 0 Å². The van der Waals surface area contributed by atoms with Crippen molar-refractivity contribution in [1.29, 1.82) is 0 Å². The number of carbonyl (C=O) groups is 1. The van der Waals surface area contributed by atoms with Crippen LogP contribution in [0, 0.1) is 0 Å². The molecule has 0 N–H and O–H groups in total. The molecule has 0 saturated heterocycles. The van der Waals surface area contributed by atoms with Crippen LogP contribution in [0.3, 0.4) is 0 Å². The predicted molar refractivity (Wildman–Crippen MR) is 47.8 cm³/mol. The van der Waals surface area contributed by atoms with Gasteiger partial charge in [0.05, 0.1) is 0 Å². The normalized spacial score (nSPS) is 9.33. The topological polar surface area (TPSA) is 34.4 Å². The van der Waals surface area contributed by atoms with Gasteiger partial charge in [-0.15, -0.1) is 12.4 Å². The van der Waals surface area contributed by atoms with Crippen molar-refractivity contribution < 1.29 is 4.79 Å².